The molecule has 1 fully saturated rings. The van der Waals surface area contributed by atoms with E-state index in [1.165, 1.54) is 0 Å². The van der Waals surface area contributed by atoms with Crippen LogP contribution in [0.25, 0.3) is 11.4 Å². The summed E-state index contributed by atoms with van der Waals surface area (Å²) in [4.78, 5) is 22.6. The van der Waals surface area contributed by atoms with Crippen molar-refractivity contribution in [3.63, 3.8) is 0 Å². The molecule has 0 saturated carbocycles. The number of pyridine rings is 1. The lowest BCUT2D eigenvalue weighted by molar-refractivity contribution is -0.135. The number of ether oxygens (including phenoxy) is 1. The van der Waals surface area contributed by atoms with Crippen molar-refractivity contribution in [1.29, 1.82) is 0 Å². The molecule has 3 rings (SSSR count). The summed E-state index contributed by atoms with van der Waals surface area (Å²) in [6.07, 6.45) is 3.36. The van der Waals surface area contributed by atoms with Crippen LogP contribution in [0.15, 0.2) is 22.9 Å². The van der Waals surface area contributed by atoms with Gasteiger partial charge in [0.2, 0.25) is 23.5 Å². The van der Waals surface area contributed by atoms with Crippen LogP contribution in [0.5, 0.6) is 5.88 Å². The Balaban J connectivity index is 1.65. The molecule has 1 aliphatic heterocycles. The van der Waals surface area contributed by atoms with E-state index in [-0.39, 0.29) is 17.7 Å². The highest BCUT2D eigenvalue weighted by molar-refractivity contribution is 5.78. The lowest BCUT2D eigenvalue weighted by Gasteiger charge is -2.31. The molecule has 0 N–H and O–H groups in total. The first-order chi connectivity index (χ1) is 11.6. The van der Waals surface area contributed by atoms with Crippen molar-refractivity contribution >= 4 is 5.91 Å². The van der Waals surface area contributed by atoms with E-state index in [1.54, 1.807) is 19.4 Å². The van der Waals surface area contributed by atoms with Crippen LogP contribution in [0.3, 0.4) is 0 Å². The van der Waals surface area contributed by atoms with E-state index in [2.05, 4.69) is 15.1 Å². The number of amides is 1. The Morgan fingerprint density at radius 2 is 2.08 bits per heavy atom. The van der Waals surface area contributed by atoms with Crippen molar-refractivity contribution in [2.75, 3.05) is 20.2 Å². The number of hydrogen-bond donors (Lipinski definition) is 0. The third-order valence-corrected chi connectivity index (χ3v) is 4.30. The summed E-state index contributed by atoms with van der Waals surface area (Å²) >= 11 is 0. The fourth-order valence-electron chi connectivity index (χ4n) is 2.86. The van der Waals surface area contributed by atoms with E-state index in [1.807, 2.05) is 24.8 Å². The molecule has 0 radical (unpaired) electrons. The molecule has 0 atom stereocenters. The number of carbonyl (C=O) groups excluding carboxylic acids is 1. The van der Waals surface area contributed by atoms with Gasteiger partial charge >= 0.3 is 0 Å². The van der Waals surface area contributed by atoms with Gasteiger partial charge < -0.3 is 14.2 Å². The molecule has 7 heteroatoms. The number of piperidine rings is 1. The van der Waals surface area contributed by atoms with E-state index >= 15 is 0 Å². The average molecular weight is 330 g/mol. The van der Waals surface area contributed by atoms with Crippen molar-refractivity contribution in [3.05, 3.63) is 24.2 Å². The summed E-state index contributed by atoms with van der Waals surface area (Å²) in [6, 6.07) is 3.62. The van der Waals surface area contributed by atoms with E-state index in [4.69, 9.17) is 9.26 Å². The molecule has 1 saturated heterocycles. The molecule has 0 bridgehead atoms. The number of aromatic nitrogens is 3. The Kier molecular flexibility index (Phi) is 4.78. The predicted molar refractivity (Wildman–Crippen MR) is 87.5 cm³/mol. The van der Waals surface area contributed by atoms with Gasteiger partial charge in [0.1, 0.15) is 0 Å². The predicted octanol–water partition coefficient (Wildman–Crippen LogP) is 2.50. The molecule has 0 unspecified atom stereocenters. The molecule has 2 aromatic rings. The Morgan fingerprint density at radius 3 is 2.67 bits per heavy atom. The summed E-state index contributed by atoms with van der Waals surface area (Å²) in [6.45, 7) is 5.34. The maximum atomic E-state index is 12.0. The third-order valence-electron chi connectivity index (χ3n) is 4.30. The maximum Gasteiger partial charge on any atom is 0.230 e. The molecule has 24 heavy (non-hydrogen) atoms. The molecule has 0 spiro atoms. The number of carbonyl (C=O) groups is 1. The smallest absolute Gasteiger partial charge is 0.230 e. The fraction of sp³-hybridized carbons (Fsp3) is 0.529. The molecule has 7 nitrogen and oxygen atoms in total. The normalized spacial score (nSPS) is 15.8. The minimum atomic E-state index is 0.0409. The minimum absolute atomic E-state index is 0.0409. The van der Waals surface area contributed by atoms with Gasteiger partial charge in [-0.05, 0) is 18.9 Å². The highest BCUT2D eigenvalue weighted by Crippen LogP contribution is 2.29. The standard InChI is InChI=1S/C17H22N4O3/c1-11(2)17(22)21-8-6-12(7-9-21)16-19-15(20-24-16)13-4-5-14(23-3)18-10-13/h4-5,10-12H,6-9H2,1-3H3. The van der Waals surface area contributed by atoms with Crippen LogP contribution in [-0.4, -0.2) is 46.1 Å². The van der Waals surface area contributed by atoms with Gasteiger partial charge in [0.05, 0.1) is 7.11 Å². The highest BCUT2D eigenvalue weighted by atomic mass is 16.5. The monoisotopic (exact) mass is 330 g/mol. The van der Waals surface area contributed by atoms with Crippen molar-refractivity contribution in [2.24, 2.45) is 5.92 Å². The molecule has 1 amide bonds. The average Bonchev–Trinajstić information content (AvgIpc) is 3.11. The van der Waals surface area contributed by atoms with Crippen molar-refractivity contribution in [3.8, 4) is 17.3 Å². The van der Waals surface area contributed by atoms with Crippen molar-refractivity contribution < 1.29 is 14.1 Å². The van der Waals surface area contributed by atoms with Crippen LogP contribution in [0, 0.1) is 5.92 Å². The third kappa shape index (κ3) is 3.39. The van der Waals surface area contributed by atoms with Crippen molar-refractivity contribution in [1.82, 2.24) is 20.0 Å². The van der Waals surface area contributed by atoms with Gasteiger partial charge in [-0.2, -0.15) is 4.98 Å². The van der Waals surface area contributed by atoms with Crippen LogP contribution in [0.4, 0.5) is 0 Å². The van der Waals surface area contributed by atoms with Crippen LogP contribution in [0.1, 0.15) is 38.5 Å². The van der Waals surface area contributed by atoms with Gasteiger partial charge in [-0.1, -0.05) is 19.0 Å². The maximum absolute atomic E-state index is 12.0. The van der Waals surface area contributed by atoms with Crippen LogP contribution in [0.2, 0.25) is 0 Å². The second-order valence-electron chi connectivity index (χ2n) is 6.30. The Labute approximate surface area is 141 Å². The summed E-state index contributed by atoms with van der Waals surface area (Å²) < 4.78 is 10.5. The summed E-state index contributed by atoms with van der Waals surface area (Å²) in [5, 5.41) is 4.05. The van der Waals surface area contributed by atoms with Gasteiger partial charge in [-0.3, -0.25) is 4.79 Å². The molecular formula is C17H22N4O3. The van der Waals surface area contributed by atoms with Crippen LogP contribution < -0.4 is 4.74 Å². The van der Waals surface area contributed by atoms with Gasteiger partial charge in [-0.15, -0.1) is 0 Å². The summed E-state index contributed by atoms with van der Waals surface area (Å²) in [5.74, 6) is 2.17. The first kappa shape index (κ1) is 16.4. The molecule has 0 aromatic carbocycles. The first-order valence-electron chi connectivity index (χ1n) is 8.21. The lowest BCUT2D eigenvalue weighted by Crippen LogP contribution is -2.40. The topological polar surface area (TPSA) is 81.4 Å². The van der Waals surface area contributed by atoms with Gasteiger partial charge in [-0.25, -0.2) is 4.98 Å². The number of rotatable bonds is 4. The lowest BCUT2D eigenvalue weighted by atomic mass is 9.96. The molecule has 128 valence electrons. The quantitative estimate of drug-likeness (QED) is 0.857. The largest absolute Gasteiger partial charge is 0.481 e. The fourth-order valence-corrected chi connectivity index (χ4v) is 2.86. The Bertz CT molecular complexity index is 688. The number of hydrogen-bond acceptors (Lipinski definition) is 6. The zero-order valence-electron chi connectivity index (χ0n) is 14.2. The first-order valence-corrected chi connectivity index (χ1v) is 8.21. The molecule has 3 heterocycles. The Morgan fingerprint density at radius 1 is 1.33 bits per heavy atom. The van der Waals surface area contributed by atoms with Gasteiger partial charge in [0.15, 0.2) is 0 Å². The van der Waals surface area contributed by atoms with Gasteiger partial charge in [0, 0.05) is 42.8 Å². The zero-order chi connectivity index (χ0) is 17.1. The highest BCUT2D eigenvalue weighted by Gasteiger charge is 2.28. The second-order valence-corrected chi connectivity index (χ2v) is 6.30. The second kappa shape index (κ2) is 6.98. The number of methoxy groups -OCH3 is 1. The minimum Gasteiger partial charge on any atom is -0.481 e. The summed E-state index contributed by atoms with van der Waals surface area (Å²) in [5.41, 5.74) is 0.790. The van der Waals surface area contributed by atoms with Crippen molar-refractivity contribution in [2.45, 2.75) is 32.6 Å². The van der Waals surface area contributed by atoms with Gasteiger partial charge in [0.25, 0.3) is 0 Å². The van der Waals surface area contributed by atoms with E-state index in [0.717, 1.165) is 31.5 Å². The van der Waals surface area contributed by atoms with E-state index < -0.39 is 0 Å². The van der Waals surface area contributed by atoms with Crippen LogP contribution in [-0.2, 0) is 4.79 Å². The molecule has 1 aliphatic rings. The molecule has 2 aromatic heterocycles. The summed E-state index contributed by atoms with van der Waals surface area (Å²) in [7, 11) is 1.57. The molecule has 0 aliphatic carbocycles. The zero-order valence-corrected chi connectivity index (χ0v) is 14.2. The van der Waals surface area contributed by atoms with Crippen LogP contribution >= 0.6 is 0 Å². The number of nitrogens with zero attached hydrogens (tertiary/aromatic N) is 4. The van der Waals surface area contributed by atoms with E-state index in [9.17, 15) is 4.79 Å². The van der Waals surface area contributed by atoms with E-state index in [0.29, 0.717) is 17.6 Å². The Hall–Kier alpha value is -2.44. The number of likely N-dealkylation sites (tertiary alicyclic amines) is 1. The SMILES string of the molecule is COc1ccc(-c2noc(C3CCN(C(=O)C(C)C)CC3)n2)cn1. The molecular weight excluding hydrogens is 308 g/mol.